The zero-order chi connectivity index (χ0) is 17.7. The molecule has 0 unspecified atom stereocenters. The van der Waals surface area contributed by atoms with Gasteiger partial charge in [-0.3, -0.25) is 9.69 Å². The summed E-state index contributed by atoms with van der Waals surface area (Å²) in [5.41, 5.74) is 0.969. The second-order valence-electron chi connectivity index (χ2n) is 6.29. The van der Waals surface area contributed by atoms with E-state index in [1.807, 2.05) is 39.0 Å². The number of morpholine rings is 1. The molecule has 1 amide bonds. The molecule has 1 aliphatic heterocycles. The van der Waals surface area contributed by atoms with Crippen molar-refractivity contribution in [2.75, 3.05) is 27.3 Å². The third kappa shape index (κ3) is 4.61. The molecule has 0 aromatic heterocycles. The Balaban J connectivity index is 1.92. The molecule has 1 N–H and O–H groups in total. The number of carbonyl (C=O) groups excluding carboxylic acids is 1. The van der Waals surface area contributed by atoms with E-state index in [0.717, 1.165) is 18.7 Å². The highest BCUT2D eigenvalue weighted by Crippen LogP contribution is 2.27. The summed E-state index contributed by atoms with van der Waals surface area (Å²) in [6.07, 6.45) is 0.296. The molecule has 6 heteroatoms. The van der Waals surface area contributed by atoms with Crippen molar-refractivity contribution in [3.63, 3.8) is 0 Å². The van der Waals surface area contributed by atoms with Crippen LogP contribution in [0.1, 0.15) is 26.3 Å². The van der Waals surface area contributed by atoms with E-state index >= 15 is 0 Å². The van der Waals surface area contributed by atoms with Gasteiger partial charge in [0.1, 0.15) is 0 Å². The van der Waals surface area contributed by atoms with Crippen molar-refractivity contribution in [3.05, 3.63) is 23.8 Å². The number of benzene rings is 1. The third-order valence-electron chi connectivity index (χ3n) is 4.29. The van der Waals surface area contributed by atoms with Gasteiger partial charge >= 0.3 is 0 Å². The maximum Gasteiger partial charge on any atom is 0.237 e. The predicted molar refractivity (Wildman–Crippen MR) is 92.4 cm³/mol. The first-order chi connectivity index (χ1) is 11.4. The first-order valence-corrected chi connectivity index (χ1v) is 8.32. The van der Waals surface area contributed by atoms with Crippen LogP contribution >= 0.6 is 0 Å². The molecular weight excluding hydrogens is 308 g/mol. The van der Waals surface area contributed by atoms with Crippen LogP contribution in [0.3, 0.4) is 0 Å². The summed E-state index contributed by atoms with van der Waals surface area (Å²) < 4.78 is 16.2. The van der Waals surface area contributed by atoms with Crippen molar-refractivity contribution in [2.24, 2.45) is 0 Å². The molecule has 1 heterocycles. The Kier molecular flexibility index (Phi) is 6.45. The molecule has 0 radical (unpaired) electrons. The van der Waals surface area contributed by atoms with Gasteiger partial charge in [-0.05, 0) is 38.5 Å². The number of hydrogen-bond donors (Lipinski definition) is 1. The van der Waals surface area contributed by atoms with Crippen molar-refractivity contribution >= 4 is 5.91 Å². The molecular formula is C18H28N2O4. The highest BCUT2D eigenvalue weighted by Gasteiger charge is 2.29. The first-order valence-electron chi connectivity index (χ1n) is 8.32. The largest absolute Gasteiger partial charge is 0.493 e. The SMILES string of the molecule is COc1ccc(CNC(=O)[C@H](C)N2C[C@@H](C)O[C@H](C)C2)cc1OC. The van der Waals surface area contributed by atoms with Crippen LogP contribution < -0.4 is 14.8 Å². The average Bonchev–Trinajstić information content (AvgIpc) is 2.57. The van der Waals surface area contributed by atoms with E-state index in [-0.39, 0.29) is 24.2 Å². The second-order valence-corrected chi connectivity index (χ2v) is 6.29. The number of carbonyl (C=O) groups is 1. The van der Waals surface area contributed by atoms with Gasteiger partial charge in [-0.25, -0.2) is 0 Å². The van der Waals surface area contributed by atoms with Gasteiger partial charge in [0.2, 0.25) is 5.91 Å². The Hall–Kier alpha value is -1.79. The van der Waals surface area contributed by atoms with E-state index in [9.17, 15) is 4.79 Å². The van der Waals surface area contributed by atoms with Crippen molar-refractivity contribution < 1.29 is 19.0 Å². The molecule has 1 aliphatic rings. The molecule has 0 saturated carbocycles. The number of nitrogens with one attached hydrogen (secondary N) is 1. The van der Waals surface area contributed by atoms with E-state index in [1.54, 1.807) is 14.2 Å². The summed E-state index contributed by atoms with van der Waals surface area (Å²) in [5, 5.41) is 3.00. The number of methoxy groups -OCH3 is 2. The zero-order valence-corrected chi connectivity index (χ0v) is 15.2. The Bertz CT molecular complexity index is 554. The smallest absolute Gasteiger partial charge is 0.237 e. The molecule has 134 valence electrons. The molecule has 24 heavy (non-hydrogen) atoms. The van der Waals surface area contributed by atoms with E-state index in [4.69, 9.17) is 14.2 Å². The molecule has 2 rings (SSSR count). The monoisotopic (exact) mass is 336 g/mol. The van der Waals surface area contributed by atoms with Gasteiger partial charge in [0.25, 0.3) is 0 Å². The highest BCUT2D eigenvalue weighted by atomic mass is 16.5. The molecule has 1 aromatic carbocycles. The van der Waals surface area contributed by atoms with Crippen LogP contribution in [-0.4, -0.2) is 56.4 Å². The average molecular weight is 336 g/mol. The molecule has 0 spiro atoms. The quantitative estimate of drug-likeness (QED) is 0.859. The maximum atomic E-state index is 12.5. The summed E-state index contributed by atoms with van der Waals surface area (Å²) in [6, 6.07) is 5.46. The minimum Gasteiger partial charge on any atom is -0.493 e. The van der Waals surface area contributed by atoms with Gasteiger partial charge in [0, 0.05) is 19.6 Å². The van der Waals surface area contributed by atoms with E-state index in [0.29, 0.717) is 18.0 Å². The van der Waals surface area contributed by atoms with Gasteiger partial charge in [-0.2, -0.15) is 0 Å². The Labute approximate surface area is 144 Å². The topological polar surface area (TPSA) is 60.0 Å². The normalized spacial score (nSPS) is 22.7. The standard InChI is InChI=1S/C18H28N2O4/c1-12-10-20(11-13(2)24-12)14(3)18(21)19-9-15-6-7-16(22-4)17(8-15)23-5/h6-8,12-14H,9-11H2,1-5H3,(H,19,21)/t12-,13-,14+/m1/s1. The molecule has 1 fully saturated rings. The number of nitrogens with zero attached hydrogens (tertiary/aromatic N) is 1. The van der Waals surface area contributed by atoms with Crippen molar-refractivity contribution in [3.8, 4) is 11.5 Å². The first kappa shape index (κ1) is 18.5. The van der Waals surface area contributed by atoms with Gasteiger partial charge in [-0.1, -0.05) is 6.07 Å². The lowest BCUT2D eigenvalue weighted by Crippen LogP contribution is -2.53. The zero-order valence-electron chi connectivity index (χ0n) is 15.2. The van der Waals surface area contributed by atoms with Crippen LogP contribution in [0.4, 0.5) is 0 Å². The second kappa shape index (κ2) is 8.35. The predicted octanol–water partition coefficient (Wildman–Crippen LogP) is 1.82. The number of ether oxygens (including phenoxy) is 3. The molecule has 1 saturated heterocycles. The third-order valence-corrected chi connectivity index (χ3v) is 4.29. The Morgan fingerprint density at radius 2 is 1.88 bits per heavy atom. The van der Waals surface area contributed by atoms with E-state index in [2.05, 4.69) is 10.2 Å². The number of hydrogen-bond acceptors (Lipinski definition) is 5. The molecule has 3 atom stereocenters. The summed E-state index contributed by atoms with van der Waals surface area (Å²) in [4.78, 5) is 14.6. The number of amides is 1. The lowest BCUT2D eigenvalue weighted by molar-refractivity contribution is -0.131. The summed E-state index contributed by atoms with van der Waals surface area (Å²) in [7, 11) is 3.20. The fraction of sp³-hybridized carbons (Fsp3) is 0.611. The van der Waals surface area contributed by atoms with Crippen LogP contribution in [0.5, 0.6) is 11.5 Å². The van der Waals surface area contributed by atoms with Gasteiger partial charge in [0.15, 0.2) is 11.5 Å². The Morgan fingerprint density at radius 1 is 1.25 bits per heavy atom. The molecule has 0 aliphatic carbocycles. The van der Waals surface area contributed by atoms with Crippen LogP contribution in [0.2, 0.25) is 0 Å². The van der Waals surface area contributed by atoms with Gasteiger partial charge in [0.05, 0.1) is 32.5 Å². The van der Waals surface area contributed by atoms with Crippen molar-refractivity contribution in [2.45, 2.75) is 45.6 Å². The van der Waals surface area contributed by atoms with E-state index in [1.165, 1.54) is 0 Å². The lowest BCUT2D eigenvalue weighted by Gasteiger charge is -2.38. The van der Waals surface area contributed by atoms with Crippen molar-refractivity contribution in [1.29, 1.82) is 0 Å². The van der Waals surface area contributed by atoms with Crippen LogP contribution in [0.25, 0.3) is 0 Å². The minimum atomic E-state index is -0.182. The lowest BCUT2D eigenvalue weighted by atomic mass is 10.1. The maximum absolute atomic E-state index is 12.5. The van der Waals surface area contributed by atoms with Crippen LogP contribution in [0.15, 0.2) is 18.2 Å². The summed E-state index contributed by atoms with van der Waals surface area (Å²) >= 11 is 0. The highest BCUT2D eigenvalue weighted by molar-refractivity contribution is 5.81. The van der Waals surface area contributed by atoms with Crippen LogP contribution in [-0.2, 0) is 16.1 Å². The number of rotatable bonds is 6. The Morgan fingerprint density at radius 3 is 2.46 bits per heavy atom. The fourth-order valence-corrected chi connectivity index (χ4v) is 3.03. The summed E-state index contributed by atoms with van der Waals surface area (Å²) in [6.45, 7) is 8.02. The fourth-order valence-electron chi connectivity index (χ4n) is 3.03. The molecule has 1 aromatic rings. The van der Waals surface area contributed by atoms with E-state index < -0.39 is 0 Å². The molecule has 6 nitrogen and oxygen atoms in total. The minimum absolute atomic E-state index is 0.0195. The molecule has 0 bridgehead atoms. The van der Waals surface area contributed by atoms with Crippen LogP contribution in [0, 0.1) is 0 Å². The van der Waals surface area contributed by atoms with Crippen molar-refractivity contribution in [1.82, 2.24) is 10.2 Å². The summed E-state index contributed by atoms with van der Waals surface area (Å²) in [5.74, 6) is 1.36. The van der Waals surface area contributed by atoms with Gasteiger partial charge in [-0.15, -0.1) is 0 Å². The van der Waals surface area contributed by atoms with Gasteiger partial charge < -0.3 is 19.5 Å².